The van der Waals surface area contributed by atoms with Crippen molar-refractivity contribution in [2.75, 3.05) is 0 Å². The maximum absolute atomic E-state index is 13.2. The van der Waals surface area contributed by atoms with Crippen LogP contribution in [0.25, 0.3) is 10.9 Å². The van der Waals surface area contributed by atoms with Crippen LogP contribution >= 0.6 is 0 Å². The largest absolute Gasteiger partial charge is 0.489 e. The quantitative estimate of drug-likeness (QED) is 0.372. The molecule has 0 aliphatic rings. The van der Waals surface area contributed by atoms with Crippen LogP contribution in [-0.2, 0) is 17.9 Å². The molecule has 1 aromatic heterocycles. The number of carbonyl (C=O) groups is 1. The molecule has 0 amide bonds. The van der Waals surface area contributed by atoms with Gasteiger partial charge in [0.05, 0.1) is 30.6 Å². The van der Waals surface area contributed by atoms with E-state index in [-0.39, 0.29) is 18.2 Å². The number of hydrogen-bond donors (Lipinski definition) is 1. The Hall–Kier alpha value is -4.11. The van der Waals surface area contributed by atoms with Gasteiger partial charge in [0.2, 0.25) is 0 Å². The van der Waals surface area contributed by atoms with E-state index in [1.165, 1.54) is 12.1 Å². The van der Waals surface area contributed by atoms with Gasteiger partial charge in [-0.25, -0.2) is 4.39 Å². The molecule has 1 N–H and O–H groups in total. The first-order valence-corrected chi connectivity index (χ1v) is 10.6. The van der Waals surface area contributed by atoms with Crippen LogP contribution < -0.4 is 4.74 Å². The number of ether oxygens (including phenoxy) is 1. The highest BCUT2D eigenvalue weighted by Gasteiger charge is 2.13. The van der Waals surface area contributed by atoms with E-state index < -0.39 is 5.97 Å². The minimum Gasteiger partial charge on any atom is -0.489 e. The van der Waals surface area contributed by atoms with Crippen molar-refractivity contribution < 1.29 is 19.0 Å². The number of aromatic nitrogens is 2. The number of fused-ring (bicyclic) bond motifs is 1. The number of carboxylic acids is 1. The molecule has 0 spiro atoms. The third kappa shape index (κ3) is 5.58. The molecule has 0 bridgehead atoms. The van der Waals surface area contributed by atoms with E-state index in [1.54, 1.807) is 19.1 Å². The topological polar surface area (TPSA) is 64.3 Å². The van der Waals surface area contributed by atoms with E-state index in [9.17, 15) is 9.18 Å². The molecule has 33 heavy (non-hydrogen) atoms. The fourth-order valence-corrected chi connectivity index (χ4v) is 3.66. The van der Waals surface area contributed by atoms with Gasteiger partial charge in [-0.1, -0.05) is 42.3 Å². The Morgan fingerprint density at radius 1 is 1.09 bits per heavy atom. The molecule has 166 valence electrons. The van der Waals surface area contributed by atoms with Gasteiger partial charge in [0.15, 0.2) is 0 Å². The molecular formula is C27H23FN2O3. The lowest BCUT2D eigenvalue weighted by Gasteiger charge is -2.11. The predicted molar refractivity (Wildman–Crippen MR) is 124 cm³/mol. The van der Waals surface area contributed by atoms with E-state index in [1.807, 2.05) is 53.3 Å². The molecular weight excluding hydrogens is 419 g/mol. The molecule has 5 nitrogen and oxygen atoms in total. The highest BCUT2D eigenvalue weighted by molar-refractivity contribution is 5.79. The lowest BCUT2D eigenvalue weighted by molar-refractivity contribution is -0.137. The number of hydrogen-bond acceptors (Lipinski definition) is 3. The van der Waals surface area contributed by atoms with Crippen molar-refractivity contribution in [3.63, 3.8) is 0 Å². The van der Waals surface area contributed by atoms with Gasteiger partial charge in [-0.3, -0.25) is 9.48 Å². The number of halogens is 1. The summed E-state index contributed by atoms with van der Waals surface area (Å²) in [7, 11) is 0. The van der Waals surface area contributed by atoms with Crippen molar-refractivity contribution in [3.8, 4) is 17.6 Å². The second-order valence-corrected chi connectivity index (χ2v) is 7.72. The summed E-state index contributed by atoms with van der Waals surface area (Å²) in [4.78, 5) is 11.1. The number of nitrogens with zero attached hydrogens (tertiary/aromatic N) is 2. The highest BCUT2D eigenvalue weighted by Crippen LogP contribution is 2.23. The summed E-state index contributed by atoms with van der Waals surface area (Å²) in [5.74, 6) is 4.96. The zero-order valence-corrected chi connectivity index (χ0v) is 18.2. The fourth-order valence-electron chi connectivity index (χ4n) is 3.66. The van der Waals surface area contributed by atoms with Gasteiger partial charge in [0, 0.05) is 5.39 Å². The molecule has 4 aromatic rings. The van der Waals surface area contributed by atoms with Crippen LogP contribution in [0.1, 0.15) is 36.0 Å². The SMILES string of the molecule is CC#C[C@@H](CC(=O)O)c1ccc(OCc2ccc3cnn(Cc4ccc(F)cc4)c3c2)cc1. The molecule has 1 heterocycles. The number of carboxylic acid groups (broad SMARTS) is 1. The summed E-state index contributed by atoms with van der Waals surface area (Å²) < 4.78 is 21.0. The molecule has 3 aromatic carbocycles. The summed E-state index contributed by atoms with van der Waals surface area (Å²) in [5, 5.41) is 14.6. The van der Waals surface area contributed by atoms with E-state index in [0.717, 1.165) is 27.6 Å². The van der Waals surface area contributed by atoms with E-state index >= 15 is 0 Å². The minimum absolute atomic E-state index is 0.0351. The fraction of sp³-hybridized carbons (Fsp3) is 0.185. The van der Waals surface area contributed by atoms with Gasteiger partial charge in [-0.2, -0.15) is 5.10 Å². The summed E-state index contributed by atoms with van der Waals surface area (Å²) in [6, 6.07) is 19.8. The summed E-state index contributed by atoms with van der Waals surface area (Å²) in [5.41, 5.74) is 3.79. The molecule has 0 saturated heterocycles. The maximum atomic E-state index is 13.2. The Bertz CT molecular complexity index is 1320. The molecule has 6 heteroatoms. The molecule has 0 saturated carbocycles. The standard InChI is InChI=1S/C27H23FN2O3/c1-2-3-22(15-27(31)32)21-8-12-25(13-9-21)33-18-20-4-7-23-16-29-30(26(23)14-20)17-19-5-10-24(28)11-6-19/h4-14,16,22H,15,17-18H2,1H3,(H,31,32)/t22-/m0/s1. The first-order valence-electron chi connectivity index (χ1n) is 10.6. The van der Waals surface area contributed by atoms with Gasteiger partial charge >= 0.3 is 5.97 Å². The average molecular weight is 442 g/mol. The van der Waals surface area contributed by atoms with Crippen molar-refractivity contribution in [2.24, 2.45) is 0 Å². The summed E-state index contributed by atoms with van der Waals surface area (Å²) in [6.45, 7) is 2.63. The molecule has 4 rings (SSSR count). The van der Waals surface area contributed by atoms with Crippen LogP contribution in [0.5, 0.6) is 5.75 Å². The van der Waals surface area contributed by atoms with Crippen molar-refractivity contribution in [2.45, 2.75) is 32.4 Å². The van der Waals surface area contributed by atoms with Gasteiger partial charge < -0.3 is 9.84 Å². The summed E-state index contributed by atoms with van der Waals surface area (Å²) in [6.07, 6.45) is 1.78. The van der Waals surface area contributed by atoms with Crippen LogP contribution in [0, 0.1) is 17.7 Å². The van der Waals surface area contributed by atoms with Gasteiger partial charge in [0.25, 0.3) is 0 Å². The zero-order chi connectivity index (χ0) is 23.2. The predicted octanol–water partition coefficient (Wildman–Crippen LogP) is 5.38. The molecule has 0 aliphatic heterocycles. The monoisotopic (exact) mass is 442 g/mol. The van der Waals surface area contributed by atoms with Crippen LogP contribution in [-0.4, -0.2) is 20.9 Å². The van der Waals surface area contributed by atoms with E-state index in [0.29, 0.717) is 18.9 Å². The Morgan fingerprint density at radius 3 is 2.52 bits per heavy atom. The molecule has 0 fully saturated rings. The molecule has 0 unspecified atom stereocenters. The summed E-state index contributed by atoms with van der Waals surface area (Å²) >= 11 is 0. The average Bonchev–Trinajstić information content (AvgIpc) is 3.21. The molecule has 0 aliphatic carbocycles. The number of rotatable bonds is 8. The smallest absolute Gasteiger partial charge is 0.304 e. The first kappa shape index (κ1) is 22.1. The third-order valence-corrected chi connectivity index (χ3v) is 5.34. The normalized spacial score (nSPS) is 11.6. The molecule has 1 atom stereocenters. The zero-order valence-electron chi connectivity index (χ0n) is 18.2. The lowest BCUT2D eigenvalue weighted by Crippen LogP contribution is -2.04. The third-order valence-electron chi connectivity index (χ3n) is 5.34. The van der Waals surface area contributed by atoms with E-state index in [4.69, 9.17) is 9.84 Å². The number of benzene rings is 3. The van der Waals surface area contributed by atoms with Crippen molar-refractivity contribution in [1.82, 2.24) is 9.78 Å². The van der Waals surface area contributed by atoms with E-state index in [2.05, 4.69) is 16.9 Å². The van der Waals surface area contributed by atoms with Crippen LogP contribution in [0.2, 0.25) is 0 Å². The van der Waals surface area contributed by atoms with Gasteiger partial charge in [-0.05, 0) is 53.9 Å². The lowest BCUT2D eigenvalue weighted by atomic mass is 9.96. The van der Waals surface area contributed by atoms with Crippen molar-refractivity contribution in [3.05, 3.63) is 95.4 Å². The Labute approximate surface area is 191 Å². The Balaban J connectivity index is 1.45. The molecule has 0 radical (unpaired) electrons. The minimum atomic E-state index is -0.878. The van der Waals surface area contributed by atoms with Crippen LogP contribution in [0.4, 0.5) is 4.39 Å². The second-order valence-electron chi connectivity index (χ2n) is 7.72. The number of aliphatic carboxylic acids is 1. The van der Waals surface area contributed by atoms with Gasteiger partial charge in [0.1, 0.15) is 18.2 Å². The van der Waals surface area contributed by atoms with Crippen molar-refractivity contribution in [1.29, 1.82) is 0 Å². The first-order chi connectivity index (χ1) is 16.0. The van der Waals surface area contributed by atoms with Gasteiger partial charge in [-0.15, -0.1) is 5.92 Å². The van der Waals surface area contributed by atoms with Crippen LogP contribution in [0.15, 0.2) is 72.9 Å². The maximum Gasteiger partial charge on any atom is 0.304 e. The highest BCUT2D eigenvalue weighted by atomic mass is 19.1. The Kier molecular flexibility index (Phi) is 6.70. The Morgan fingerprint density at radius 2 is 1.82 bits per heavy atom. The second kappa shape index (κ2) is 10.0. The van der Waals surface area contributed by atoms with Crippen molar-refractivity contribution >= 4 is 16.9 Å². The van der Waals surface area contributed by atoms with Crippen LogP contribution in [0.3, 0.4) is 0 Å².